The predicted octanol–water partition coefficient (Wildman–Crippen LogP) is 1.81. The summed E-state index contributed by atoms with van der Waals surface area (Å²) in [4.78, 5) is 0. The molecule has 0 saturated carbocycles. The van der Waals surface area contributed by atoms with E-state index in [-0.39, 0.29) is 0 Å². The molecule has 0 saturated heterocycles. The zero-order valence-electron chi connectivity index (χ0n) is 10.4. The highest BCUT2D eigenvalue weighted by atomic mass is 35.5. The van der Waals surface area contributed by atoms with Gasteiger partial charge in [0, 0.05) is 18.6 Å². The van der Waals surface area contributed by atoms with Gasteiger partial charge in [-0.1, -0.05) is 17.7 Å². The van der Waals surface area contributed by atoms with Crippen molar-refractivity contribution in [1.82, 2.24) is 14.8 Å². The maximum atomic E-state index is 6.05. The molecule has 2 rings (SSSR count). The molecule has 18 heavy (non-hydrogen) atoms. The van der Waals surface area contributed by atoms with Crippen molar-refractivity contribution < 1.29 is 4.74 Å². The maximum Gasteiger partial charge on any atom is 0.170 e. The number of aromatic nitrogens is 3. The lowest BCUT2D eigenvalue weighted by molar-refractivity contribution is 0.291. The molecule has 0 unspecified atom stereocenters. The quantitative estimate of drug-likeness (QED) is 0.917. The van der Waals surface area contributed by atoms with Gasteiger partial charge in [0.15, 0.2) is 5.82 Å². The molecule has 96 valence electrons. The second-order valence-corrected chi connectivity index (χ2v) is 4.38. The number of hydrogen-bond donors (Lipinski definition) is 1. The zero-order valence-corrected chi connectivity index (χ0v) is 11.1. The molecule has 1 aromatic heterocycles. The fourth-order valence-corrected chi connectivity index (χ4v) is 1.76. The van der Waals surface area contributed by atoms with Crippen LogP contribution in [0.25, 0.3) is 0 Å². The molecule has 0 bridgehead atoms. The van der Waals surface area contributed by atoms with Crippen LogP contribution in [0, 0.1) is 6.92 Å². The lowest BCUT2D eigenvalue weighted by Gasteiger charge is -2.08. The van der Waals surface area contributed by atoms with Crippen LogP contribution in [0.3, 0.4) is 0 Å². The van der Waals surface area contributed by atoms with Crippen LogP contribution in [-0.4, -0.2) is 14.8 Å². The third-order valence-electron chi connectivity index (χ3n) is 2.80. The summed E-state index contributed by atoms with van der Waals surface area (Å²) in [6.07, 6.45) is 0. The molecular weight excluding hydrogens is 252 g/mol. The van der Waals surface area contributed by atoms with Crippen LogP contribution < -0.4 is 10.5 Å². The summed E-state index contributed by atoms with van der Waals surface area (Å²) in [7, 11) is 1.90. The molecule has 2 aromatic rings. The average Bonchev–Trinajstić information content (AvgIpc) is 2.68. The molecule has 0 atom stereocenters. The van der Waals surface area contributed by atoms with Gasteiger partial charge in [0.25, 0.3) is 0 Å². The number of halogens is 1. The van der Waals surface area contributed by atoms with Crippen molar-refractivity contribution in [1.29, 1.82) is 0 Å². The van der Waals surface area contributed by atoms with Gasteiger partial charge in [0.2, 0.25) is 0 Å². The molecule has 0 amide bonds. The van der Waals surface area contributed by atoms with Crippen LogP contribution >= 0.6 is 11.6 Å². The van der Waals surface area contributed by atoms with Crippen LogP contribution in [0.5, 0.6) is 5.75 Å². The Morgan fingerprint density at radius 1 is 1.39 bits per heavy atom. The van der Waals surface area contributed by atoms with Crippen molar-refractivity contribution in [3.63, 3.8) is 0 Å². The van der Waals surface area contributed by atoms with Crippen molar-refractivity contribution in [2.24, 2.45) is 12.8 Å². The molecule has 6 heteroatoms. The van der Waals surface area contributed by atoms with Crippen molar-refractivity contribution >= 4 is 11.6 Å². The van der Waals surface area contributed by atoms with E-state index < -0.39 is 0 Å². The van der Waals surface area contributed by atoms with Crippen molar-refractivity contribution in [3.8, 4) is 5.75 Å². The SMILES string of the molecule is Cc1nnc(COc2ccc(CN)c(Cl)c2)n1C. The molecule has 0 radical (unpaired) electrons. The van der Waals surface area contributed by atoms with E-state index in [1.807, 2.05) is 30.7 Å². The summed E-state index contributed by atoms with van der Waals surface area (Å²) < 4.78 is 7.50. The monoisotopic (exact) mass is 266 g/mol. The third kappa shape index (κ3) is 2.63. The topological polar surface area (TPSA) is 66.0 Å². The van der Waals surface area contributed by atoms with E-state index in [0.29, 0.717) is 23.9 Å². The Bertz CT molecular complexity index is 553. The first-order valence-electron chi connectivity index (χ1n) is 5.58. The highest BCUT2D eigenvalue weighted by molar-refractivity contribution is 6.31. The predicted molar refractivity (Wildman–Crippen MR) is 69.4 cm³/mol. The molecule has 5 nitrogen and oxygen atoms in total. The standard InChI is InChI=1S/C12H15ClN4O/c1-8-15-16-12(17(8)2)7-18-10-4-3-9(6-14)11(13)5-10/h3-5H,6-7,14H2,1-2H3. The van der Waals surface area contributed by atoms with Crippen molar-refractivity contribution in [2.45, 2.75) is 20.1 Å². The minimum Gasteiger partial charge on any atom is -0.486 e. The number of ether oxygens (including phenoxy) is 1. The molecule has 0 aliphatic carbocycles. The minimum absolute atomic E-state index is 0.357. The smallest absolute Gasteiger partial charge is 0.170 e. The van der Waals surface area contributed by atoms with Crippen LogP contribution in [-0.2, 0) is 20.2 Å². The van der Waals surface area contributed by atoms with E-state index in [2.05, 4.69) is 10.2 Å². The van der Waals surface area contributed by atoms with Gasteiger partial charge in [0.1, 0.15) is 18.2 Å². The first-order chi connectivity index (χ1) is 8.61. The van der Waals surface area contributed by atoms with E-state index in [1.54, 1.807) is 6.07 Å². The van der Waals surface area contributed by atoms with Gasteiger partial charge >= 0.3 is 0 Å². The number of nitrogens with zero attached hydrogens (tertiary/aromatic N) is 3. The fraction of sp³-hybridized carbons (Fsp3) is 0.333. The minimum atomic E-state index is 0.357. The van der Waals surface area contributed by atoms with E-state index in [0.717, 1.165) is 17.2 Å². The summed E-state index contributed by atoms with van der Waals surface area (Å²) in [5.41, 5.74) is 6.44. The Morgan fingerprint density at radius 2 is 2.17 bits per heavy atom. The molecule has 0 fully saturated rings. The van der Waals surface area contributed by atoms with Gasteiger partial charge in [-0.15, -0.1) is 10.2 Å². The number of aryl methyl sites for hydroxylation is 1. The van der Waals surface area contributed by atoms with E-state index >= 15 is 0 Å². The Labute approximate surface area is 111 Å². The Morgan fingerprint density at radius 3 is 2.72 bits per heavy atom. The maximum absolute atomic E-state index is 6.05. The van der Waals surface area contributed by atoms with E-state index in [4.69, 9.17) is 22.1 Å². The van der Waals surface area contributed by atoms with Crippen molar-refractivity contribution in [3.05, 3.63) is 40.4 Å². The Hall–Kier alpha value is -1.59. The van der Waals surface area contributed by atoms with E-state index in [9.17, 15) is 0 Å². The number of rotatable bonds is 4. The van der Waals surface area contributed by atoms with Crippen LogP contribution in [0.2, 0.25) is 5.02 Å². The highest BCUT2D eigenvalue weighted by Crippen LogP contribution is 2.22. The number of hydrogen-bond acceptors (Lipinski definition) is 4. The van der Waals surface area contributed by atoms with Crippen LogP contribution in [0.15, 0.2) is 18.2 Å². The summed E-state index contributed by atoms with van der Waals surface area (Å²) in [5.74, 6) is 2.31. The molecule has 1 aromatic carbocycles. The normalized spacial score (nSPS) is 10.7. The Balaban J connectivity index is 2.06. The molecule has 1 heterocycles. The second kappa shape index (κ2) is 5.37. The fourth-order valence-electron chi connectivity index (χ4n) is 1.51. The molecule has 0 aliphatic rings. The largest absolute Gasteiger partial charge is 0.486 e. The van der Waals surface area contributed by atoms with Gasteiger partial charge in [-0.3, -0.25) is 0 Å². The second-order valence-electron chi connectivity index (χ2n) is 3.97. The summed E-state index contributed by atoms with van der Waals surface area (Å²) >= 11 is 6.05. The Kier molecular flexibility index (Phi) is 3.84. The number of nitrogens with two attached hydrogens (primary N) is 1. The molecule has 0 spiro atoms. The molecule has 0 aliphatic heterocycles. The lowest BCUT2D eigenvalue weighted by Crippen LogP contribution is -2.05. The van der Waals surface area contributed by atoms with Gasteiger partial charge in [0.05, 0.1) is 0 Å². The van der Waals surface area contributed by atoms with Crippen LogP contribution in [0.4, 0.5) is 0 Å². The highest BCUT2D eigenvalue weighted by Gasteiger charge is 2.06. The molecule has 2 N–H and O–H groups in total. The molecular formula is C12H15ClN4O. The summed E-state index contributed by atoms with van der Waals surface area (Å²) in [6, 6.07) is 5.46. The van der Waals surface area contributed by atoms with E-state index in [1.165, 1.54) is 0 Å². The third-order valence-corrected chi connectivity index (χ3v) is 3.15. The zero-order chi connectivity index (χ0) is 13.1. The van der Waals surface area contributed by atoms with Gasteiger partial charge in [-0.05, 0) is 24.6 Å². The number of benzene rings is 1. The summed E-state index contributed by atoms with van der Waals surface area (Å²) in [6.45, 7) is 2.67. The van der Waals surface area contributed by atoms with Gasteiger partial charge < -0.3 is 15.0 Å². The van der Waals surface area contributed by atoms with Crippen molar-refractivity contribution in [2.75, 3.05) is 0 Å². The summed E-state index contributed by atoms with van der Waals surface area (Å²) in [5, 5.41) is 8.60. The first-order valence-corrected chi connectivity index (χ1v) is 5.95. The van der Waals surface area contributed by atoms with Gasteiger partial charge in [-0.25, -0.2) is 0 Å². The van der Waals surface area contributed by atoms with Gasteiger partial charge in [-0.2, -0.15) is 0 Å². The first kappa shape index (κ1) is 12.9. The average molecular weight is 267 g/mol. The lowest BCUT2D eigenvalue weighted by atomic mass is 10.2. The van der Waals surface area contributed by atoms with Crippen LogP contribution in [0.1, 0.15) is 17.2 Å².